The molecule has 0 aliphatic heterocycles. The molecule has 0 radical (unpaired) electrons. The summed E-state index contributed by atoms with van der Waals surface area (Å²) in [6.45, 7) is 2.04. The molecule has 3 atom stereocenters. The number of Topliss-reactive ketones (excluding diaryl/α,β-unsaturated/α-hetero) is 2. The van der Waals surface area contributed by atoms with Crippen LogP contribution < -0.4 is 0 Å². The standard InChI is InChI=1S/C21H19Cl2NO2/c1-2-11-3-4-12(19-17(23)9-15(22)10-24-19)8-16(11)18-20(25)13-5-6-14(7-13)21(18)26/h3-4,8-10,13-14,18H,2,5-7H2,1H3/t13-,14+,18?. The third-order valence-corrected chi connectivity index (χ3v) is 6.22. The lowest BCUT2D eigenvalue weighted by molar-refractivity contribution is -0.135. The Kier molecular flexibility index (Phi) is 4.62. The fourth-order valence-corrected chi connectivity index (χ4v) is 4.87. The molecule has 2 bridgehead atoms. The van der Waals surface area contributed by atoms with Gasteiger partial charge in [0.2, 0.25) is 0 Å². The molecule has 0 saturated heterocycles. The summed E-state index contributed by atoms with van der Waals surface area (Å²) in [6, 6.07) is 7.49. The summed E-state index contributed by atoms with van der Waals surface area (Å²) in [5, 5.41) is 0.924. The van der Waals surface area contributed by atoms with Crippen LogP contribution in [0.3, 0.4) is 0 Å². The number of carbonyl (C=O) groups excluding carboxylic acids is 2. The molecule has 2 aliphatic carbocycles. The quantitative estimate of drug-likeness (QED) is 0.673. The monoisotopic (exact) mass is 387 g/mol. The van der Waals surface area contributed by atoms with Crippen LogP contribution in [0.25, 0.3) is 11.3 Å². The van der Waals surface area contributed by atoms with Gasteiger partial charge in [-0.2, -0.15) is 0 Å². The van der Waals surface area contributed by atoms with E-state index in [1.165, 1.54) is 0 Å². The van der Waals surface area contributed by atoms with Crippen molar-refractivity contribution in [1.29, 1.82) is 0 Å². The van der Waals surface area contributed by atoms with Crippen LogP contribution in [0.15, 0.2) is 30.5 Å². The minimum atomic E-state index is -0.637. The molecule has 2 saturated carbocycles. The first-order chi connectivity index (χ1) is 12.5. The Morgan fingerprint density at radius 2 is 1.77 bits per heavy atom. The maximum Gasteiger partial charge on any atom is 0.150 e. The smallest absolute Gasteiger partial charge is 0.150 e. The first-order valence-electron chi connectivity index (χ1n) is 9.01. The van der Waals surface area contributed by atoms with E-state index in [1.807, 2.05) is 25.1 Å². The minimum absolute atomic E-state index is 0.0355. The van der Waals surface area contributed by atoms with Crippen LogP contribution in [-0.4, -0.2) is 16.6 Å². The molecule has 3 nitrogen and oxygen atoms in total. The van der Waals surface area contributed by atoms with Crippen molar-refractivity contribution in [2.75, 3.05) is 0 Å². The van der Waals surface area contributed by atoms with Gasteiger partial charge in [-0.25, -0.2) is 0 Å². The van der Waals surface area contributed by atoms with E-state index in [0.717, 1.165) is 42.4 Å². The average molecular weight is 388 g/mol. The Morgan fingerprint density at radius 3 is 2.38 bits per heavy atom. The number of hydrogen-bond acceptors (Lipinski definition) is 3. The fourth-order valence-electron chi connectivity index (χ4n) is 4.38. The summed E-state index contributed by atoms with van der Waals surface area (Å²) in [6.07, 6.45) is 4.74. The summed E-state index contributed by atoms with van der Waals surface area (Å²) < 4.78 is 0. The number of aryl methyl sites for hydroxylation is 1. The van der Waals surface area contributed by atoms with Crippen LogP contribution in [0.2, 0.25) is 10.0 Å². The number of rotatable bonds is 3. The predicted molar refractivity (Wildman–Crippen MR) is 103 cm³/mol. The lowest BCUT2D eigenvalue weighted by Gasteiger charge is -2.27. The normalized spacial score (nSPS) is 25.0. The molecule has 134 valence electrons. The third-order valence-electron chi connectivity index (χ3n) is 5.73. The molecule has 2 aliphatic rings. The molecule has 0 N–H and O–H groups in total. The highest BCUT2D eigenvalue weighted by Crippen LogP contribution is 2.45. The van der Waals surface area contributed by atoms with Gasteiger partial charge in [0.1, 0.15) is 5.92 Å². The van der Waals surface area contributed by atoms with E-state index in [-0.39, 0.29) is 23.4 Å². The molecule has 0 spiro atoms. The van der Waals surface area contributed by atoms with E-state index >= 15 is 0 Å². The van der Waals surface area contributed by atoms with E-state index in [1.54, 1.807) is 12.3 Å². The molecule has 4 rings (SSSR count). The molecule has 1 aromatic carbocycles. The van der Waals surface area contributed by atoms with Crippen molar-refractivity contribution in [3.8, 4) is 11.3 Å². The maximum absolute atomic E-state index is 12.9. The van der Waals surface area contributed by atoms with Crippen LogP contribution in [-0.2, 0) is 16.0 Å². The topological polar surface area (TPSA) is 47.0 Å². The summed E-state index contributed by atoms with van der Waals surface area (Å²) in [5.74, 6) is -0.389. The van der Waals surface area contributed by atoms with E-state index in [4.69, 9.17) is 23.2 Å². The summed E-state index contributed by atoms with van der Waals surface area (Å²) in [4.78, 5) is 30.2. The Balaban J connectivity index is 1.83. The predicted octanol–water partition coefficient (Wildman–Crippen LogP) is 5.27. The number of carbonyl (C=O) groups is 2. The number of aromatic nitrogens is 1. The molecule has 1 heterocycles. The second kappa shape index (κ2) is 6.79. The van der Waals surface area contributed by atoms with Crippen LogP contribution in [0.4, 0.5) is 0 Å². The summed E-state index contributed by atoms with van der Waals surface area (Å²) in [5.41, 5.74) is 3.27. The second-order valence-electron chi connectivity index (χ2n) is 7.20. The Bertz CT molecular complexity index is 887. The Labute approximate surface area is 162 Å². The van der Waals surface area contributed by atoms with E-state index in [9.17, 15) is 9.59 Å². The van der Waals surface area contributed by atoms with Crippen LogP contribution in [0.5, 0.6) is 0 Å². The van der Waals surface area contributed by atoms with Gasteiger partial charge >= 0.3 is 0 Å². The van der Waals surface area contributed by atoms with Crippen LogP contribution in [0.1, 0.15) is 43.2 Å². The highest BCUT2D eigenvalue weighted by Gasteiger charge is 2.47. The van der Waals surface area contributed by atoms with Gasteiger partial charge in [0.25, 0.3) is 0 Å². The SMILES string of the molecule is CCc1ccc(-c2ncc(Cl)cc2Cl)cc1C1C(=O)[C@@H]2CC[C@@H](C2)C1=O. The number of benzene rings is 1. The van der Waals surface area contributed by atoms with Crippen molar-refractivity contribution in [1.82, 2.24) is 4.98 Å². The molecular formula is C21H19Cl2NO2. The number of hydrogen-bond donors (Lipinski definition) is 0. The first kappa shape index (κ1) is 17.7. The van der Waals surface area contributed by atoms with E-state index < -0.39 is 5.92 Å². The number of pyridine rings is 1. The van der Waals surface area contributed by atoms with Gasteiger partial charge in [-0.1, -0.05) is 42.3 Å². The van der Waals surface area contributed by atoms with Gasteiger partial charge in [-0.05, 0) is 48.9 Å². The van der Waals surface area contributed by atoms with Crippen molar-refractivity contribution >= 4 is 34.8 Å². The van der Waals surface area contributed by atoms with Gasteiger partial charge in [0.15, 0.2) is 11.6 Å². The fraction of sp³-hybridized carbons (Fsp3) is 0.381. The number of nitrogens with zero attached hydrogens (tertiary/aromatic N) is 1. The van der Waals surface area contributed by atoms with Crippen molar-refractivity contribution < 1.29 is 9.59 Å². The summed E-state index contributed by atoms with van der Waals surface area (Å²) in [7, 11) is 0. The first-order valence-corrected chi connectivity index (χ1v) is 9.77. The van der Waals surface area contributed by atoms with Crippen molar-refractivity contribution in [2.24, 2.45) is 11.8 Å². The van der Waals surface area contributed by atoms with Crippen molar-refractivity contribution in [3.63, 3.8) is 0 Å². The van der Waals surface area contributed by atoms with Crippen molar-refractivity contribution in [3.05, 3.63) is 51.6 Å². The highest BCUT2D eigenvalue weighted by atomic mass is 35.5. The van der Waals surface area contributed by atoms with Gasteiger partial charge in [-0.3, -0.25) is 14.6 Å². The molecule has 2 fully saturated rings. The van der Waals surface area contributed by atoms with Gasteiger partial charge in [-0.15, -0.1) is 0 Å². The number of halogens is 2. The zero-order valence-electron chi connectivity index (χ0n) is 14.5. The number of fused-ring (bicyclic) bond motifs is 2. The molecule has 1 unspecified atom stereocenters. The molecule has 5 heteroatoms. The lowest BCUT2D eigenvalue weighted by atomic mass is 9.73. The zero-order chi connectivity index (χ0) is 18.4. The molecule has 26 heavy (non-hydrogen) atoms. The molecular weight excluding hydrogens is 369 g/mol. The largest absolute Gasteiger partial charge is 0.298 e. The van der Waals surface area contributed by atoms with E-state index in [0.29, 0.717) is 15.7 Å². The lowest BCUT2D eigenvalue weighted by Crippen LogP contribution is -2.35. The third kappa shape index (κ3) is 2.87. The average Bonchev–Trinajstić information content (AvgIpc) is 3.07. The number of ketones is 2. The second-order valence-corrected chi connectivity index (χ2v) is 8.04. The van der Waals surface area contributed by atoms with Crippen LogP contribution >= 0.6 is 23.2 Å². The maximum atomic E-state index is 12.9. The molecule has 2 aromatic rings. The van der Waals surface area contributed by atoms with Crippen LogP contribution in [0, 0.1) is 11.8 Å². The van der Waals surface area contributed by atoms with Crippen molar-refractivity contribution in [2.45, 2.75) is 38.5 Å². The van der Waals surface area contributed by atoms with Gasteiger partial charge < -0.3 is 0 Å². The molecule has 1 aromatic heterocycles. The Hall–Kier alpha value is -1.71. The van der Waals surface area contributed by atoms with Gasteiger partial charge in [0.05, 0.1) is 15.7 Å². The minimum Gasteiger partial charge on any atom is -0.298 e. The summed E-state index contributed by atoms with van der Waals surface area (Å²) >= 11 is 12.3. The van der Waals surface area contributed by atoms with Gasteiger partial charge in [0, 0.05) is 23.6 Å². The Morgan fingerprint density at radius 1 is 1.08 bits per heavy atom. The zero-order valence-corrected chi connectivity index (χ0v) is 16.0. The van der Waals surface area contributed by atoms with E-state index in [2.05, 4.69) is 4.98 Å². The highest BCUT2D eigenvalue weighted by molar-refractivity contribution is 6.36. The molecule has 0 amide bonds.